The van der Waals surface area contributed by atoms with E-state index in [0.717, 1.165) is 5.69 Å². The van der Waals surface area contributed by atoms with Crippen molar-refractivity contribution in [3.8, 4) is 33.6 Å². The van der Waals surface area contributed by atoms with E-state index in [2.05, 4.69) is 258 Å². The summed E-state index contributed by atoms with van der Waals surface area (Å²) in [6, 6.07) is 93.5. The highest BCUT2D eigenvalue weighted by molar-refractivity contribution is 7.19. The lowest BCUT2D eigenvalue weighted by molar-refractivity contribution is 0.444. The summed E-state index contributed by atoms with van der Waals surface area (Å²) in [6.45, 7) is 0. The summed E-state index contributed by atoms with van der Waals surface area (Å²) in [5.41, 5.74) is 13.6. The van der Waals surface area contributed by atoms with Gasteiger partial charge in [-0.2, -0.15) is 0 Å². The molecule has 0 bridgehead atoms. The van der Waals surface area contributed by atoms with Crippen LogP contribution in [0.2, 0.25) is 0 Å². The summed E-state index contributed by atoms with van der Waals surface area (Å²) < 4.78 is 5.01. The lowest BCUT2D eigenvalue weighted by Gasteiger charge is -2.34. The monoisotopic (exact) mass is 900 g/mol. The first-order valence-electron chi connectivity index (χ1n) is 24.8. The van der Waals surface area contributed by atoms with Gasteiger partial charge in [0.25, 0.3) is 0 Å². The van der Waals surface area contributed by atoms with Crippen LogP contribution in [0.5, 0.6) is 0 Å². The first kappa shape index (κ1) is 41.2. The smallest absolute Gasteiger partial charge is 0.179 e. The van der Waals surface area contributed by atoms with Gasteiger partial charge in [0.2, 0.25) is 0 Å². The Kier molecular flexibility index (Phi) is 10.3. The second-order valence-corrected chi connectivity index (χ2v) is 22.9. The standard InChI is InChI=1S/C66H52N2Si/c1-6-20-47(21-7-1)51-37-40-64-61(44-51)62-46-54(68-63-35-17-16-34-59(63)60-39-36-52(45-66(60)68)48-22-8-2-9-23-48)38-41-65(62)67(64)53-26-18-24-49(42-53)50-25-19-33-58(43-50)69(55-27-10-3-11-28-55,56-29-12-4-13-30-56)57-31-14-5-15-32-57/h1,3-7,10-21,24-46,48H,2,8-9,22-23H2. The van der Waals surface area contributed by atoms with Crippen LogP contribution < -0.4 is 20.7 Å². The topological polar surface area (TPSA) is 9.86 Å². The van der Waals surface area contributed by atoms with Crippen molar-refractivity contribution in [2.24, 2.45) is 0 Å². The minimum Gasteiger partial charge on any atom is -0.309 e. The largest absolute Gasteiger partial charge is 0.309 e. The summed E-state index contributed by atoms with van der Waals surface area (Å²) in [6.07, 6.45) is 6.57. The van der Waals surface area contributed by atoms with Crippen LogP contribution in [0, 0.1) is 0 Å². The zero-order valence-corrected chi connectivity index (χ0v) is 39.7. The van der Waals surface area contributed by atoms with Crippen molar-refractivity contribution in [3.63, 3.8) is 0 Å². The molecule has 0 unspecified atom stereocenters. The fraction of sp³-hybridized carbons (Fsp3) is 0.0909. The molecule has 12 aromatic rings. The fourth-order valence-corrected chi connectivity index (χ4v) is 16.8. The number of fused-ring (bicyclic) bond motifs is 6. The van der Waals surface area contributed by atoms with Crippen LogP contribution in [0.1, 0.15) is 43.6 Å². The van der Waals surface area contributed by atoms with Gasteiger partial charge in [0.05, 0.1) is 22.1 Å². The molecular weight excluding hydrogens is 849 g/mol. The van der Waals surface area contributed by atoms with Gasteiger partial charge in [-0.3, -0.25) is 0 Å². The Hall–Kier alpha value is -7.98. The molecule has 1 aliphatic rings. The van der Waals surface area contributed by atoms with E-state index in [0.29, 0.717) is 5.92 Å². The molecule has 13 rings (SSSR count). The van der Waals surface area contributed by atoms with Crippen LogP contribution in [0.3, 0.4) is 0 Å². The van der Waals surface area contributed by atoms with Gasteiger partial charge < -0.3 is 9.13 Å². The first-order chi connectivity index (χ1) is 34.2. The molecule has 2 aromatic heterocycles. The maximum atomic E-state index is 2.53. The zero-order valence-electron chi connectivity index (χ0n) is 38.7. The summed E-state index contributed by atoms with van der Waals surface area (Å²) >= 11 is 0. The second-order valence-electron chi connectivity index (χ2n) is 19.1. The second kappa shape index (κ2) is 17.3. The molecule has 0 saturated heterocycles. The minimum atomic E-state index is -2.72. The van der Waals surface area contributed by atoms with Crippen molar-refractivity contribution in [3.05, 3.63) is 254 Å². The molecule has 0 radical (unpaired) electrons. The van der Waals surface area contributed by atoms with E-state index in [-0.39, 0.29) is 0 Å². The molecule has 0 aliphatic heterocycles. The molecule has 0 atom stereocenters. The Bertz CT molecular complexity index is 3710. The molecule has 10 aromatic carbocycles. The van der Waals surface area contributed by atoms with Crippen LogP contribution in [0.4, 0.5) is 0 Å². The molecule has 1 aliphatic carbocycles. The Labute approximate surface area is 405 Å². The van der Waals surface area contributed by atoms with Crippen molar-refractivity contribution < 1.29 is 0 Å². The number of para-hydroxylation sites is 1. The van der Waals surface area contributed by atoms with E-state index in [1.54, 1.807) is 0 Å². The molecular formula is C66H52N2Si. The highest BCUT2D eigenvalue weighted by atomic mass is 28.3. The van der Waals surface area contributed by atoms with Crippen LogP contribution in [0.15, 0.2) is 249 Å². The molecule has 2 nitrogen and oxygen atoms in total. The summed E-state index contributed by atoms with van der Waals surface area (Å²) in [4.78, 5) is 0. The van der Waals surface area contributed by atoms with Gasteiger partial charge >= 0.3 is 0 Å². The lowest BCUT2D eigenvalue weighted by Crippen LogP contribution is -2.74. The fourth-order valence-electron chi connectivity index (χ4n) is 12.0. The molecule has 330 valence electrons. The predicted molar refractivity (Wildman–Crippen MR) is 295 cm³/mol. The van der Waals surface area contributed by atoms with E-state index >= 15 is 0 Å². The number of benzene rings is 10. The Morgan fingerprint density at radius 2 is 0.783 bits per heavy atom. The Balaban J connectivity index is 0.995. The van der Waals surface area contributed by atoms with Gasteiger partial charge in [0, 0.05) is 32.9 Å². The maximum absolute atomic E-state index is 2.72. The lowest BCUT2D eigenvalue weighted by atomic mass is 9.84. The minimum absolute atomic E-state index is 0.630. The van der Waals surface area contributed by atoms with Gasteiger partial charge in [0.1, 0.15) is 0 Å². The summed E-state index contributed by atoms with van der Waals surface area (Å²) in [5.74, 6) is 0.630. The van der Waals surface area contributed by atoms with Crippen LogP contribution in [0.25, 0.3) is 77.2 Å². The van der Waals surface area contributed by atoms with E-state index < -0.39 is 8.07 Å². The van der Waals surface area contributed by atoms with Crippen molar-refractivity contribution in [1.82, 2.24) is 9.13 Å². The van der Waals surface area contributed by atoms with E-state index in [9.17, 15) is 0 Å². The van der Waals surface area contributed by atoms with Gasteiger partial charge in [-0.15, -0.1) is 0 Å². The van der Waals surface area contributed by atoms with Crippen molar-refractivity contribution in [2.75, 3.05) is 0 Å². The highest BCUT2D eigenvalue weighted by Crippen LogP contribution is 2.41. The molecule has 3 heteroatoms. The molecule has 0 spiro atoms. The quantitative estimate of drug-likeness (QED) is 0.101. The normalized spacial score (nSPS) is 13.4. The van der Waals surface area contributed by atoms with Crippen LogP contribution in [-0.2, 0) is 0 Å². The van der Waals surface area contributed by atoms with E-state index in [4.69, 9.17) is 0 Å². The summed E-state index contributed by atoms with van der Waals surface area (Å²) in [5, 5.41) is 10.6. The highest BCUT2D eigenvalue weighted by Gasteiger charge is 2.41. The number of hydrogen-bond acceptors (Lipinski definition) is 0. The van der Waals surface area contributed by atoms with Gasteiger partial charge in [-0.05, 0) is 122 Å². The van der Waals surface area contributed by atoms with Crippen molar-refractivity contribution in [2.45, 2.75) is 38.0 Å². The number of nitrogens with zero attached hydrogens (tertiary/aromatic N) is 2. The van der Waals surface area contributed by atoms with Crippen LogP contribution in [-0.4, -0.2) is 17.2 Å². The van der Waals surface area contributed by atoms with Crippen molar-refractivity contribution >= 4 is 72.4 Å². The average Bonchev–Trinajstić information content (AvgIpc) is 3.94. The van der Waals surface area contributed by atoms with Crippen LogP contribution >= 0.6 is 0 Å². The summed E-state index contributed by atoms with van der Waals surface area (Å²) in [7, 11) is -2.72. The third-order valence-corrected chi connectivity index (χ3v) is 20.0. The molecule has 1 saturated carbocycles. The molecule has 0 N–H and O–H groups in total. The number of rotatable bonds is 9. The van der Waals surface area contributed by atoms with Crippen molar-refractivity contribution in [1.29, 1.82) is 0 Å². The third-order valence-electron chi connectivity index (χ3n) is 15.2. The van der Waals surface area contributed by atoms with E-state index in [1.807, 2.05) is 0 Å². The van der Waals surface area contributed by atoms with Gasteiger partial charge in [-0.1, -0.05) is 213 Å². The third kappa shape index (κ3) is 6.99. The molecule has 1 fully saturated rings. The SMILES string of the molecule is c1ccc(-c2ccc3c(c2)c2cc(-n4c5ccccc5c5ccc(C6CCCCC6)cc54)ccc2n3-c2cccc(-c3cccc([Si](c4ccccc4)(c4ccccc4)c4ccccc4)c3)c2)cc1. The zero-order chi connectivity index (χ0) is 45.7. The number of hydrogen-bond donors (Lipinski definition) is 0. The Morgan fingerprint density at radius 1 is 0.290 bits per heavy atom. The first-order valence-corrected chi connectivity index (χ1v) is 26.8. The van der Waals surface area contributed by atoms with Gasteiger partial charge in [0.15, 0.2) is 8.07 Å². The number of aromatic nitrogens is 2. The maximum Gasteiger partial charge on any atom is 0.179 e. The molecule has 2 heterocycles. The van der Waals surface area contributed by atoms with E-state index in [1.165, 1.54) is 130 Å². The van der Waals surface area contributed by atoms with Gasteiger partial charge in [-0.25, -0.2) is 0 Å². The average molecular weight is 901 g/mol. The Morgan fingerprint density at radius 3 is 1.48 bits per heavy atom. The molecule has 0 amide bonds. The molecule has 69 heavy (non-hydrogen) atoms. The predicted octanol–water partition coefficient (Wildman–Crippen LogP) is 14.6.